The highest BCUT2D eigenvalue weighted by molar-refractivity contribution is 5.96. The lowest BCUT2D eigenvalue weighted by atomic mass is 10.1. The summed E-state index contributed by atoms with van der Waals surface area (Å²) < 4.78 is 4.86. The number of amides is 3. The van der Waals surface area contributed by atoms with Crippen LogP contribution in [-0.4, -0.2) is 24.0 Å². The second kappa shape index (κ2) is 6.00. The minimum atomic E-state index is -0.982. The van der Waals surface area contributed by atoms with Crippen LogP contribution in [-0.2, 0) is 14.3 Å². The van der Waals surface area contributed by atoms with Crippen molar-refractivity contribution < 1.29 is 19.1 Å². The van der Waals surface area contributed by atoms with Crippen molar-refractivity contribution in [2.75, 3.05) is 0 Å². The molecule has 3 amide bonds. The van der Waals surface area contributed by atoms with E-state index in [1.54, 1.807) is 20.8 Å². The molecule has 0 fully saturated rings. The first-order valence-electron chi connectivity index (χ1n) is 4.68. The fourth-order valence-electron chi connectivity index (χ4n) is 0.910. The fourth-order valence-corrected chi connectivity index (χ4v) is 0.910. The van der Waals surface area contributed by atoms with Crippen molar-refractivity contribution in [3.8, 4) is 0 Å². The normalized spacial score (nSPS) is 12.0. The first kappa shape index (κ1) is 13.4. The minimum absolute atomic E-state index is 0.174. The lowest BCUT2D eigenvalue weighted by Gasteiger charge is -2.19. The third-order valence-electron chi connectivity index (χ3n) is 1.66. The molecule has 0 aromatic carbocycles. The van der Waals surface area contributed by atoms with Gasteiger partial charge in [-0.3, -0.25) is 14.9 Å². The number of hydrogen-bond donors (Lipinski definition) is 2. The molecule has 0 aliphatic heterocycles. The molecule has 0 aromatic rings. The van der Waals surface area contributed by atoms with E-state index in [0.29, 0.717) is 0 Å². The van der Waals surface area contributed by atoms with E-state index in [2.05, 4.69) is 0 Å². The Morgan fingerprint density at radius 1 is 1.33 bits per heavy atom. The van der Waals surface area contributed by atoms with Crippen LogP contribution < -0.4 is 11.1 Å². The predicted molar refractivity (Wildman–Crippen MR) is 52.7 cm³/mol. The number of nitrogens with two attached hydrogens (primary N) is 1. The SMILES string of the molecule is CCC(=O)O[C@H](C(=O)NC(N)=O)C(C)C. The van der Waals surface area contributed by atoms with Gasteiger partial charge >= 0.3 is 12.0 Å². The number of urea groups is 1. The van der Waals surface area contributed by atoms with Crippen LogP contribution >= 0.6 is 0 Å². The largest absolute Gasteiger partial charge is 0.452 e. The van der Waals surface area contributed by atoms with Crippen molar-refractivity contribution in [1.29, 1.82) is 0 Å². The molecule has 0 rings (SSSR count). The fraction of sp³-hybridized carbons (Fsp3) is 0.667. The predicted octanol–water partition coefficient (Wildman–Crippen LogP) is 0.159. The summed E-state index contributed by atoms with van der Waals surface area (Å²) >= 11 is 0. The number of imide groups is 1. The van der Waals surface area contributed by atoms with Crippen LogP contribution in [0, 0.1) is 5.92 Å². The summed E-state index contributed by atoms with van der Waals surface area (Å²) in [5.41, 5.74) is 4.78. The lowest BCUT2D eigenvalue weighted by molar-refractivity contribution is -0.157. The third kappa shape index (κ3) is 4.99. The van der Waals surface area contributed by atoms with Gasteiger partial charge < -0.3 is 10.5 Å². The van der Waals surface area contributed by atoms with Gasteiger partial charge in [-0.2, -0.15) is 0 Å². The molecular weight excluding hydrogens is 200 g/mol. The van der Waals surface area contributed by atoms with Crippen molar-refractivity contribution in [1.82, 2.24) is 5.32 Å². The van der Waals surface area contributed by atoms with Gasteiger partial charge in [0.05, 0.1) is 0 Å². The Labute approximate surface area is 88.1 Å². The zero-order valence-corrected chi connectivity index (χ0v) is 9.07. The maximum atomic E-state index is 11.4. The molecule has 0 aliphatic rings. The first-order valence-corrected chi connectivity index (χ1v) is 4.68. The molecule has 0 heterocycles. The Kier molecular flexibility index (Phi) is 5.36. The maximum absolute atomic E-state index is 11.4. The molecule has 1 atom stereocenters. The van der Waals surface area contributed by atoms with Gasteiger partial charge in [0.2, 0.25) is 0 Å². The topological polar surface area (TPSA) is 98.5 Å². The molecule has 6 heteroatoms. The van der Waals surface area contributed by atoms with Gasteiger partial charge in [0.25, 0.3) is 5.91 Å². The van der Waals surface area contributed by atoms with Gasteiger partial charge in [0.1, 0.15) is 0 Å². The Morgan fingerprint density at radius 3 is 2.20 bits per heavy atom. The molecule has 0 unspecified atom stereocenters. The van der Waals surface area contributed by atoms with Crippen molar-refractivity contribution in [2.45, 2.75) is 33.3 Å². The molecule has 0 spiro atoms. The van der Waals surface area contributed by atoms with Gasteiger partial charge in [-0.1, -0.05) is 20.8 Å². The standard InChI is InChI=1S/C9H16N2O4/c1-4-6(12)15-7(5(2)3)8(13)11-9(10)14/h5,7H,4H2,1-3H3,(H3,10,11,13,14)/t7-/m0/s1. The van der Waals surface area contributed by atoms with E-state index in [1.165, 1.54) is 0 Å². The van der Waals surface area contributed by atoms with Crippen molar-refractivity contribution in [3.05, 3.63) is 0 Å². The number of esters is 1. The monoisotopic (exact) mass is 216 g/mol. The maximum Gasteiger partial charge on any atom is 0.318 e. The van der Waals surface area contributed by atoms with Crippen LogP contribution in [0.15, 0.2) is 0 Å². The van der Waals surface area contributed by atoms with Crippen LogP contribution in [0.5, 0.6) is 0 Å². The van der Waals surface area contributed by atoms with Crippen LogP contribution in [0.2, 0.25) is 0 Å². The van der Waals surface area contributed by atoms with Crippen molar-refractivity contribution in [2.24, 2.45) is 11.7 Å². The third-order valence-corrected chi connectivity index (χ3v) is 1.66. The lowest BCUT2D eigenvalue weighted by Crippen LogP contribution is -2.45. The highest BCUT2D eigenvalue weighted by atomic mass is 16.5. The van der Waals surface area contributed by atoms with Crippen LogP contribution in [0.1, 0.15) is 27.2 Å². The van der Waals surface area contributed by atoms with E-state index in [-0.39, 0.29) is 12.3 Å². The molecule has 86 valence electrons. The Balaban J connectivity index is 4.45. The van der Waals surface area contributed by atoms with E-state index in [4.69, 9.17) is 10.5 Å². The number of carbonyl (C=O) groups is 3. The molecule has 15 heavy (non-hydrogen) atoms. The number of primary amides is 1. The summed E-state index contributed by atoms with van der Waals surface area (Å²) in [6.07, 6.45) is -0.808. The molecule has 0 saturated heterocycles. The number of hydrogen-bond acceptors (Lipinski definition) is 4. The average Bonchev–Trinajstić information content (AvgIpc) is 2.11. The van der Waals surface area contributed by atoms with E-state index in [0.717, 1.165) is 0 Å². The number of rotatable bonds is 4. The molecule has 0 saturated carbocycles. The summed E-state index contributed by atoms with van der Waals surface area (Å²) in [5, 5.41) is 1.88. The average molecular weight is 216 g/mol. The molecule has 3 N–H and O–H groups in total. The highest BCUT2D eigenvalue weighted by Crippen LogP contribution is 2.08. The highest BCUT2D eigenvalue weighted by Gasteiger charge is 2.26. The van der Waals surface area contributed by atoms with E-state index in [1.807, 2.05) is 5.32 Å². The van der Waals surface area contributed by atoms with Gasteiger partial charge in [-0.25, -0.2) is 4.79 Å². The quantitative estimate of drug-likeness (QED) is 0.654. The van der Waals surface area contributed by atoms with E-state index in [9.17, 15) is 14.4 Å². The van der Waals surface area contributed by atoms with Crippen molar-refractivity contribution in [3.63, 3.8) is 0 Å². The van der Waals surface area contributed by atoms with Crippen LogP contribution in [0.25, 0.3) is 0 Å². The minimum Gasteiger partial charge on any atom is -0.452 e. The summed E-state index contributed by atoms with van der Waals surface area (Å²) in [4.78, 5) is 32.8. The van der Waals surface area contributed by atoms with Gasteiger partial charge in [-0.05, 0) is 5.92 Å². The second-order valence-electron chi connectivity index (χ2n) is 3.36. The molecule has 6 nitrogen and oxygen atoms in total. The summed E-state index contributed by atoms with van der Waals surface area (Å²) in [5.74, 6) is -1.41. The second-order valence-corrected chi connectivity index (χ2v) is 3.36. The van der Waals surface area contributed by atoms with Crippen molar-refractivity contribution >= 4 is 17.9 Å². The Hall–Kier alpha value is -1.59. The van der Waals surface area contributed by atoms with Gasteiger partial charge in [-0.15, -0.1) is 0 Å². The summed E-state index contributed by atoms with van der Waals surface area (Å²) in [6, 6.07) is -0.960. The molecule has 0 bridgehead atoms. The Morgan fingerprint density at radius 2 is 1.87 bits per heavy atom. The first-order chi connectivity index (χ1) is 6.88. The van der Waals surface area contributed by atoms with Gasteiger partial charge in [0, 0.05) is 6.42 Å². The zero-order valence-electron chi connectivity index (χ0n) is 9.07. The van der Waals surface area contributed by atoms with E-state index < -0.39 is 24.0 Å². The number of ether oxygens (including phenoxy) is 1. The number of carbonyl (C=O) groups excluding carboxylic acids is 3. The Bertz CT molecular complexity index is 263. The van der Waals surface area contributed by atoms with Gasteiger partial charge in [0.15, 0.2) is 6.10 Å². The molecular formula is C9H16N2O4. The molecule has 0 radical (unpaired) electrons. The van der Waals surface area contributed by atoms with Crippen LogP contribution in [0.4, 0.5) is 4.79 Å². The number of nitrogens with one attached hydrogen (secondary N) is 1. The van der Waals surface area contributed by atoms with E-state index >= 15 is 0 Å². The molecule has 0 aromatic heterocycles. The summed E-state index contributed by atoms with van der Waals surface area (Å²) in [7, 11) is 0. The molecule has 0 aliphatic carbocycles. The van der Waals surface area contributed by atoms with Crippen LogP contribution in [0.3, 0.4) is 0 Å². The zero-order chi connectivity index (χ0) is 12.0. The smallest absolute Gasteiger partial charge is 0.318 e. The summed E-state index contributed by atoms with van der Waals surface area (Å²) in [6.45, 7) is 5.02.